The van der Waals surface area contributed by atoms with E-state index in [1.165, 1.54) is 23.4 Å². The van der Waals surface area contributed by atoms with Crippen LogP contribution in [0.15, 0.2) is 41.9 Å². The topological polar surface area (TPSA) is 157 Å². The summed E-state index contributed by atoms with van der Waals surface area (Å²) in [6, 6.07) is 8.40. The van der Waals surface area contributed by atoms with Crippen LogP contribution < -0.4 is 14.9 Å². The molecule has 1 amide bonds. The summed E-state index contributed by atoms with van der Waals surface area (Å²) in [5.74, 6) is -0.966. The molecule has 13 nitrogen and oxygen atoms in total. The monoisotopic (exact) mass is 825 g/mol. The summed E-state index contributed by atoms with van der Waals surface area (Å²) in [6.07, 6.45) is 3.18. The second kappa shape index (κ2) is 18.3. The Morgan fingerprint density at radius 3 is 2.64 bits per heavy atom. The van der Waals surface area contributed by atoms with E-state index in [-0.39, 0.29) is 59.6 Å². The summed E-state index contributed by atoms with van der Waals surface area (Å²) >= 11 is 1.36. The molecule has 1 saturated heterocycles. The number of aryl methyl sites for hydroxylation is 1. The number of carbonyl (C=O) groups is 2. The summed E-state index contributed by atoms with van der Waals surface area (Å²) < 4.78 is 43.9. The van der Waals surface area contributed by atoms with Crippen LogP contribution >= 0.6 is 51.8 Å². The van der Waals surface area contributed by atoms with Crippen LogP contribution in [0.4, 0.5) is 0 Å². The van der Waals surface area contributed by atoms with Crippen LogP contribution in [0.5, 0.6) is 0 Å². The lowest BCUT2D eigenvalue weighted by molar-refractivity contribution is -0.155. The molecule has 53 heavy (non-hydrogen) atoms. The first-order valence-electron chi connectivity index (χ1n) is 16.9. The minimum Gasteiger partial charge on any atom is -0.464 e. The molecule has 0 radical (unpaired) electrons. The number of cyclic esters (lactones) is 1. The summed E-state index contributed by atoms with van der Waals surface area (Å²) in [5, 5.41) is 4.90. The van der Waals surface area contributed by atoms with Gasteiger partial charge in [-0.15, -0.1) is 11.3 Å². The van der Waals surface area contributed by atoms with Crippen LogP contribution in [0.2, 0.25) is 0 Å². The van der Waals surface area contributed by atoms with E-state index >= 15 is 0 Å². The zero-order chi connectivity index (χ0) is 35.8. The van der Waals surface area contributed by atoms with Gasteiger partial charge in [0.05, 0.1) is 34.8 Å². The van der Waals surface area contributed by atoms with Crippen LogP contribution in [0.3, 0.4) is 0 Å². The molecule has 5 heterocycles. The normalized spacial score (nSPS) is 19.6. The molecule has 1 aromatic carbocycles. The fraction of sp³-hybridized carbons (Fsp3) is 0.486. The first-order valence-corrected chi connectivity index (χ1v) is 19.2. The lowest BCUT2D eigenvalue weighted by Crippen LogP contribution is -2.61. The maximum Gasteiger partial charge on any atom is 0.324 e. The quantitative estimate of drug-likeness (QED) is 0.229. The number of benzene rings is 1. The third-order valence-corrected chi connectivity index (χ3v) is 11.4. The van der Waals surface area contributed by atoms with Crippen molar-refractivity contribution in [2.24, 2.45) is 5.41 Å². The minimum atomic E-state index is -3.98. The lowest BCUT2D eigenvalue weighted by Gasteiger charge is -2.35. The Bertz CT molecular complexity index is 2020. The molecule has 4 aromatic rings. The molecule has 6 bridgehead atoms. The number of esters is 1. The van der Waals surface area contributed by atoms with Gasteiger partial charge in [-0.05, 0) is 62.9 Å². The fourth-order valence-corrected chi connectivity index (χ4v) is 8.32. The summed E-state index contributed by atoms with van der Waals surface area (Å²) in [7, 11) is -1.03. The van der Waals surface area contributed by atoms with E-state index in [4.69, 9.17) is 19.4 Å². The van der Waals surface area contributed by atoms with Gasteiger partial charge in [0.15, 0.2) is 0 Å². The van der Waals surface area contributed by atoms with E-state index in [9.17, 15) is 18.0 Å². The van der Waals surface area contributed by atoms with Gasteiger partial charge in [-0.25, -0.2) is 15.1 Å². The second-order valence-electron chi connectivity index (χ2n) is 13.6. The number of nitrogens with zero attached hydrogens (tertiary/aromatic N) is 4. The summed E-state index contributed by atoms with van der Waals surface area (Å²) in [5.41, 5.74) is 9.17. The molecule has 0 spiro atoms. The molecule has 6 rings (SSSR count). The molecule has 18 heteroatoms. The number of amides is 1. The SMILES string of the molecule is CCn1c(-c2cccnc2[C@H](C)OC)c2c3cc(ccc31)-c1csc(n1)C[C@H](NS(=O)(=O)NC)C(=O)N1CCC[C@H](N1)C(=O)OCC(C)(C)C2.S.S.S. The van der Waals surface area contributed by atoms with E-state index in [0.717, 1.165) is 44.7 Å². The van der Waals surface area contributed by atoms with Gasteiger partial charge in [-0.2, -0.15) is 53.6 Å². The van der Waals surface area contributed by atoms with E-state index in [2.05, 4.69) is 58.4 Å². The van der Waals surface area contributed by atoms with Gasteiger partial charge in [-0.3, -0.25) is 19.6 Å². The van der Waals surface area contributed by atoms with Crippen LogP contribution in [0, 0.1) is 5.41 Å². The number of ether oxygens (including phenoxy) is 2. The number of methoxy groups -OCH3 is 1. The average molecular weight is 826 g/mol. The zero-order valence-corrected chi connectivity index (χ0v) is 35.4. The van der Waals surface area contributed by atoms with Crippen molar-refractivity contribution in [2.75, 3.05) is 27.3 Å². The third kappa shape index (κ3) is 9.59. The number of rotatable bonds is 7. The van der Waals surface area contributed by atoms with Gasteiger partial charge >= 0.3 is 5.97 Å². The Hall–Kier alpha value is -2.68. The van der Waals surface area contributed by atoms with Crippen molar-refractivity contribution in [3.63, 3.8) is 0 Å². The highest BCUT2D eigenvalue weighted by atomic mass is 32.2. The van der Waals surface area contributed by atoms with E-state index < -0.39 is 39.6 Å². The van der Waals surface area contributed by atoms with Crippen molar-refractivity contribution in [1.29, 1.82) is 0 Å². The lowest BCUT2D eigenvalue weighted by atomic mass is 9.84. The number of thiazole rings is 1. The van der Waals surface area contributed by atoms with Crippen LogP contribution in [0.1, 0.15) is 62.9 Å². The number of pyridine rings is 1. The Balaban J connectivity index is 0.00000252. The highest BCUT2D eigenvalue weighted by Gasteiger charge is 2.36. The highest BCUT2D eigenvalue weighted by Crippen LogP contribution is 2.42. The van der Waals surface area contributed by atoms with Crippen LogP contribution in [-0.4, -0.2) is 79.2 Å². The second-order valence-corrected chi connectivity index (χ2v) is 16.2. The van der Waals surface area contributed by atoms with Gasteiger partial charge in [-0.1, -0.05) is 19.9 Å². The smallest absolute Gasteiger partial charge is 0.324 e. The van der Waals surface area contributed by atoms with Crippen LogP contribution in [0.25, 0.3) is 33.4 Å². The zero-order valence-electron chi connectivity index (χ0n) is 30.8. The van der Waals surface area contributed by atoms with Crippen molar-refractivity contribution >= 4 is 84.8 Å². The molecular formula is C35H51N7O6S5. The van der Waals surface area contributed by atoms with E-state index in [0.29, 0.717) is 37.4 Å². The van der Waals surface area contributed by atoms with E-state index in [1.54, 1.807) is 13.3 Å². The van der Waals surface area contributed by atoms with E-state index in [1.807, 2.05) is 24.4 Å². The maximum absolute atomic E-state index is 13.8. The van der Waals surface area contributed by atoms with Crippen molar-refractivity contribution in [3.05, 3.63) is 58.2 Å². The Morgan fingerprint density at radius 2 is 1.94 bits per heavy atom. The Kier molecular flexibility index (Phi) is 15.4. The summed E-state index contributed by atoms with van der Waals surface area (Å²) in [6.45, 7) is 9.44. The molecular weight excluding hydrogens is 775 g/mol. The molecule has 3 atom stereocenters. The molecule has 0 aliphatic carbocycles. The number of fused-ring (bicyclic) bond motifs is 6. The molecule has 2 aliphatic rings. The number of nitrogens with one attached hydrogen (secondary N) is 3. The molecule has 0 saturated carbocycles. The van der Waals surface area contributed by atoms with Gasteiger partial charge in [0, 0.05) is 72.7 Å². The molecule has 3 N–H and O–H groups in total. The number of aromatic nitrogens is 3. The maximum atomic E-state index is 13.8. The molecule has 2 aliphatic heterocycles. The van der Waals surface area contributed by atoms with Gasteiger partial charge < -0.3 is 14.0 Å². The average Bonchev–Trinajstić information content (AvgIpc) is 3.70. The number of hydrogen-bond acceptors (Lipinski definition) is 10. The van der Waals surface area contributed by atoms with Gasteiger partial charge in [0.1, 0.15) is 12.1 Å². The Labute approximate surface area is 336 Å². The first-order chi connectivity index (χ1) is 23.8. The standard InChI is InChI=1S/C35H45N7O6S2.3H2S/c1-7-41-29-13-12-22-16-24(29)25(32(41)23-10-8-14-37-31(23)21(2)47-6)18-35(3,4)20-48-34(44)26-11-9-15-42(39-26)33(43)27(40-50(45,46)36-5)17-30-38-28(22)19-49-30;;;/h8,10,12-14,16,19,21,26-27,36,39-40H,7,9,11,15,17-18,20H2,1-6H3;3*1H2/t21-,26-,27-;;;/m0.../s1. The number of hydrogen-bond donors (Lipinski definition) is 3. The van der Waals surface area contributed by atoms with Crippen molar-refractivity contribution in [1.82, 2.24) is 34.4 Å². The van der Waals surface area contributed by atoms with Crippen molar-refractivity contribution in [3.8, 4) is 22.5 Å². The van der Waals surface area contributed by atoms with Gasteiger partial charge in [0.25, 0.3) is 16.1 Å². The predicted molar refractivity (Wildman–Crippen MR) is 223 cm³/mol. The fourth-order valence-electron chi connectivity index (χ4n) is 6.79. The molecule has 1 fully saturated rings. The first kappa shape index (κ1) is 44.7. The minimum absolute atomic E-state index is 0. The molecule has 3 aromatic heterocycles. The van der Waals surface area contributed by atoms with Crippen LogP contribution in [-0.2, 0) is 48.7 Å². The number of hydrazine groups is 1. The van der Waals surface area contributed by atoms with Crippen molar-refractivity contribution < 1.29 is 27.5 Å². The molecule has 0 unspecified atom stereocenters. The Morgan fingerprint density at radius 1 is 1.19 bits per heavy atom. The third-order valence-electron chi connectivity index (χ3n) is 9.40. The summed E-state index contributed by atoms with van der Waals surface area (Å²) in [4.78, 5) is 36.9. The predicted octanol–water partition coefficient (Wildman–Crippen LogP) is 4.48. The van der Waals surface area contributed by atoms with Gasteiger partial charge in [0.2, 0.25) is 0 Å². The number of carbonyl (C=O) groups excluding carboxylic acids is 2. The van der Waals surface area contributed by atoms with Crippen molar-refractivity contribution in [2.45, 2.75) is 78.1 Å². The molecule has 292 valence electrons. The highest BCUT2D eigenvalue weighted by molar-refractivity contribution is 7.87. The largest absolute Gasteiger partial charge is 0.464 e.